The summed E-state index contributed by atoms with van der Waals surface area (Å²) in [6.45, 7) is 4.13. The number of nitrogens with one attached hydrogen (secondary N) is 2. The third-order valence-electron chi connectivity index (χ3n) is 3.19. The minimum atomic E-state index is 0.0917. The monoisotopic (exact) mass is 182 g/mol. The van der Waals surface area contributed by atoms with E-state index in [4.69, 9.17) is 0 Å². The second-order valence-electron chi connectivity index (χ2n) is 4.37. The molecule has 0 spiro atoms. The summed E-state index contributed by atoms with van der Waals surface area (Å²) in [7, 11) is 0. The van der Waals surface area contributed by atoms with Gasteiger partial charge in [-0.15, -0.1) is 0 Å². The van der Waals surface area contributed by atoms with Crippen molar-refractivity contribution in [3.63, 3.8) is 0 Å². The quantitative estimate of drug-likeness (QED) is 0.667. The molecule has 74 valence electrons. The fourth-order valence-corrected chi connectivity index (χ4v) is 1.95. The van der Waals surface area contributed by atoms with E-state index in [9.17, 15) is 4.79 Å². The van der Waals surface area contributed by atoms with Gasteiger partial charge in [-0.2, -0.15) is 0 Å². The van der Waals surface area contributed by atoms with Gasteiger partial charge in [-0.1, -0.05) is 6.92 Å². The summed E-state index contributed by atoms with van der Waals surface area (Å²) < 4.78 is 0. The van der Waals surface area contributed by atoms with Gasteiger partial charge in [0, 0.05) is 6.54 Å². The van der Waals surface area contributed by atoms with Gasteiger partial charge in [-0.25, -0.2) is 0 Å². The van der Waals surface area contributed by atoms with Gasteiger partial charge in [0.2, 0.25) is 5.91 Å². The summed E-state index contributed by atoms with van der Waals surface area (Å²) in [5.74, 6) is 1.79. The first kappa shape index (κ1) is 9.00. The Kier molecular flexibility index (Phi) is 2.54. The molecule has 2 fully saturated rings. The maximum Gasteiger partial charge on any atom is 0.237 e. The number of rotatable bonds is 3. The molecule has 0 aromatic heterocycles. The van der Waals surface area contributed by atoms with Crippen molar-refractivity contribution in [2.45, 2.75) is 32.2 Å². The fourth-order valence-electron chi connectivity index (χ4n) is 1.95. The molecule has 3 heteroatoms. The lowest BCUT2D eigenvalue weighted by Gasteiger charge is -2.10. The van der Waals surface area contributed by atoms with Crippen LogP contribution in [0, 0.1) is 11.8 Å². The highest BCUT2D eigenvalue weighted by molar-refractivity contribution is 5.82. The zero-order chi connectivity index (χ0) is 9.26. The molecule has 3 atom stereocenters. The molecule has 1 heterocycles. The van der Waals surface area contributed by atoms with Crippen LogP contribution in [0.4, 0.5) is 0 Å². The normalized spacial score (nSPS) is 37.5. The zero-order valence-corrected chi connectivity index (χ0v) is 8.18. The van der Waals surface area contributed by atoms with Gasteiger partial charge >= 0.3 is 0 Å². The van der Waals surface area contributed by atoms with Gasteiger partial charge < -0.3 is 10.6 Å². The minimum Gasteiger partial charge on any atom is -0.354 e. The molecular weight excluding hydrogens is 164 g/mol. The van der Waals surface area contributed by atoms with Crippen LogP contribution in [0.25, 0.3) is 0 Å². The summed E-state index contributed by atoms with van der Waals surface area (Å²) in [5.41, 5.74) is 0. The van der Waals surface area contributed by atoms with Crippen LogP contribution in [-0.4, -0.2) is 25.0 Å². The van der Waals surface area contributed by atoms with Gasteiger partial charge in [0.05, 0.1) is 6.04 Å². The number of carbonyl (C=O) groups is 1. The second-order valence-corrected chi connectivity index (χ2v) is 4.37. The van der Waals surface area contributed by atoms with Crippen LogP contribution in [0.3, 0.4) is 0 Å². The molecule has 1 saturated heterocycles. The molecule has 0 aromatic carbocycles. The van der Waals surface area contributed by atoms with Gasteiger partial charge in [0.1, 0.15) is 0 Å². The smallest absolute Gasteiger partial charge is 0.237 e. The van der Waals surface area contributed by atoms with Crippen molar-refractivity contribution in [2.24, 2.45) is 11.8 Å². The second kappa shape index (κ2) is 3.66. The molecule has 0 radical (unpaired) electrons. The van der Waals surface area contributed by atoms with Crippen LogP contribution >= 0.6 is 0 Å². The van der Waals surface area contributed by atoms with Crippen molar-refractivity contribution in [1.29, 1.82) is 0 Å². The van der Waals surface area contributed by atoms with Crippen LogP contribution in [0.1, 0.15) is 26.2 Å². The Morgan fingerprint density at radius 2 is 2.38 bits per heavy atom. The third kappa shape index (κ3) is 2.21. The van der Waals surface area contributed by atoms with Crippen LogP contribution in [0.2, 0.25) is 0 Å². The standard InChI is InChI=1S/C10H18N2O/c1-7-5-8(7)6-12-10(13)9-3-2-4-11-9/h7-9,11H,2-6H2,1H3,(H,12,13). The molecule has 2 N–H and O–H groups in total. The van der Waals surface area contributed by atoms with E-state index in [0.29, 0.717) is 0 Å². The number of hydrogen-bond donors (Lipinski definition) is 2. The lowest BCUT2D eigenvalue weighted by molar-refractivity contribution is -0.122. The Morgan fingerprint density at radius 3 is 2.92 bits per heavy atom. The van der Waals surface area contributed by atoms with Crippen LogP contribution in [0.15, 0.2) is 0 Å². The number of hydrogen-bond acceptors (Lipinski definition) is 2. The molecular formula is C10H18N2O. The molecule has 1 saturated carbocycles. The molecule has 1 aliphatic carbocycles. The summed E-state index contributed by atoms with van der Waals surface area (Å²) in [5, 5.41) is 6.22. The van der Waals surface area contributed by atoms with Crippen molar-refractivity contribution in [2.75, 3.05) is 13.1 Å². The number of carbonyl (C=O) groups excluding carboxylic acids is 1. The Balaban J connectivity index is 1.66. The van der Waals surface area contributed by atoms with E-state index in [0.717, 1.165) is 37.8 Å². The van der Waals surface area contributed by atoms with Crippen LogP contribution in [-0.2, 0) is 4.79 Å². The van der Waals surface area contributed by atoms with E-state index in [2.05, 4.69) is 17.6 Å². The molecule has 0 bridgehead atoms. The zero-order valence-electron chi connectivity index (χ0n) is 8.18. The van der Waals surface area contributed by atoms with Crippen molar-refractivity contribution in [3.8, 4) is 0 Å². The third-order valence-corrected chi connectivity index (χ3v) is 3.19. The Labute approximate surface area is 79.3 Å². The topological polar surface area (TPSA) is 41.1 Å². The molecule has 2 rings (SSSR count). The predicted molar refractivity (Wildman–Crippen MR) is 51.3 cm³/mol. The highest BCUT2D eigenvalue weighted by Crippen LogP contribution is 2.36. The molecule has 2 aliphatic rings. The summed E-state index contributed by atoms with van der Waals surface area (Å²) in [4.78, 5) is 11.5. The highest BCUT2D eigenvalue weighted by Gasteiger charge is 2.33. The maximum absolute atomic E-state index is 11.5. The first-order chi connectivity index (χ1) is 6.27. The molecule has 3 unspecified atom stereocenters. The van der Waals surface area contributed by atoms with E-state index in [-0.39, 0.29) is 11.9 Å². The van der Waals surface area contributed by atoms with E-state index in [1.165, 1.54) is 6.42 Å². The average Bonchev–Trinajstić information content (AvgIpc) is 2.67. The fraction of sp³-hybridized carbons (Fsp3) is 0.900. The van der Waals surface area contributed by atoms with Gasteiger partial charge in [-0.3, -0.25) is 4.79 Å². The van der Waals surface area contributed by atoms with Gasteiger partial charge in [0.15, 0.2) is 0 Å². The van der Waals surface area contributed by atoms with E-state index in [1.807, 2.05) is 0 Å². The lowest BCUT2D eigenvalue weighted by Crippen LogP contribution is -2.41. The summed E-state index contributed by atoms with van der Waals surface area (Å²) >= 11 is 0. The first-order valence-electron chi connectivity index (χ1n) is 5.28. The summed E-state index contributed by atoms with van der Waals surface area (Å²) in [6.07, 6.45) is 3.43. The number of amides is 1. The molecule has 1 aliphatic heterocycles. The molecule has 13 heavy (non-hydrogen) atoms. The van der Waals surface area contributed by atoms with Gasteiger partial charge in [0.25, 0.3) is 0 Å². The Hall–Kier alpha value is -0.570. The highest BCUT2D eigenvalue weighted by atomic mass is 16.2. The van der Waals surface area contributed by atoms with Crippen LogP contribution in [0.5, 0.6) is 0 Å². The largest absolute Gasteiger partial charge is 0.354 e. The first-order valence-corrected chi connectivity index (χ1v) is 5.28. The SMILES string of the molecule is CC1CC1CNC(=O)C1CCCN1. The Morgan fingerprint density at radius 1 is 1.62 bits per heavy atom. The van der Waals surface area contributed by atoms with Crippen molar-refractivity contribution in [3.05, 3.63) is 0 Å². The summed E-state index contributed by atoms with van der Waals surface area (Å²) in [6, 6.07) is 0.0917. The van der Waals surface area contributed by atoms with E-state index >= 15 is 0 Å². The van der Waals surface area contributed by atoms with E-state index in [1.54, 1.807) is 0 Å². The molecule has 0 aromatic rings. The van der Waals surface area contributed by atoms with Crippen molar-refractivity contribution in [1.82, 2.24) is 10.6 Å². The van der Waals surface area contributed by atoms with Crippen molar-refractivity contribution >= 4 is 5.91 Å². The maximum atomic E-state index is 11.5. The van der Waals surface area contributed by atoms with Gasteiger partial charge in [-0.05, 0) is 37.6 Å². The predicted octanol–water partition coefficient (Wildman–Crippen LogP) is 0.511. The molecule has 3 nitrogen and oxygen atoms in total. The van der Waals surface area contributed by atoms with E-state index < -0.39 is 0 Å². The average molecular weight is 182 g/mol. The molecule has 1 amide bonds. The van der Waals surface area contributed by atoms with Crippen molar-refractivity contribution < 1.29 is 4.79 Å². The Bertz CT molecular complexity index is 199. The minimum absolute atomic E-state index is 0.0917. The lowest BCUT2D eigenvalue weighted by atomic mass is 10.2. The van der Waals surface area contributed by atoms with Crippen LogP contribution < -0.4 is 10.6 Å².